The number of halogens is 1. The van der Waals surface area contributed by atoms with Crippen LogP contribution in [0.15, 0.2) is 71.2 Å². The van der Waals surface area contributed by atoms with E-state index in [1.807, 2.05) is 0 Å². The van der Waals surface area contributed by atoms with Crippen molar-refractivity contribution >= 4 is 15.9 Å². The Labute approximate surface area is 149 Å². The average molecular weight is 372 g/mol. The Balaban J connectivity index is 1.91. The van der Waals surface area contributed by atoms with Crippen LogP contribution in [0.1, 0.15) is 49.8 Å². The zero-order valence-electron chi connectivity index (χ0n) is 14.1. The molecule has 23 heavy (non-hydrogen) atoms. The molecular formula is C21H26BrN. The lowest BCUT2D eigenvalue weighted by molar-refractivity contribution is 0.515. The van der Waals surface area contributed by atoms with Crippen molar-refractivity contribution in [1.29, 1.82) is 0 Å². The lowest BCUT2D eigenvalue weighted by Crippen LogP contribution is -2.21. The normalized spacial score (nSPS) is 13.5. The second kappa shape index (κ2) is 9.05. The SMILES string of the molecule is C=C(C)CC(CCN[C@@H](C)c1ccc(Br)cc1)c1ccccc1. The van der Waals surface area contributed by atoms with Crippen LogP contribution in [-0.4, -0.2) is 6.54 Å². The van der Waals surface area contributed by atoms with E-state index in [0.29, 0.717) is 12.0 Å². The number of hydrogen-bond donors (Lipinski definition) is 1. The van der Waals surface area contributed by atoms with Crippen molar-refractivity contribution in [2.75, 3.05) is 6.54 Å². The summed E-state index contributed by atoms with van der Waals surface area (Å²) in [5.74, 6) is 0.540. The number of rotatable bonds is 8. The standard InChI is InChI=1S/C21H26BrN/c1-16(2)15-20(19-7-5-4-6-8-19)13-14-23-17(3)18-9-11-21(22)12-10-18/h4-12,17,20,23H,1,13-15H2,2-3H3/t17-,20?/m0/s1. The van der Waals surface area contributed by atoms with Gasteiger partial charge in [0.15, 0.2) is 0 Å². The Morgan fingerprint density at radius 1 is 1.04 bits per heavy atom. The third kappa shape index (κ3) is 5.96. The molecule has 2 atom stereocenters. The highest BCUT2D eigenvalue weighted by atomic mass is 79.9. The second-order valence-corrected chi connectivity index (χ2v) is 7.20. The quantitative estimate of drug-likeness (QED) is 0.541. The Morgan fingerprint density at radius 3 is 2.30 bits per heavy atom. The lowest BCUT2D eigenvalue weighted by atomic mass is 9.90. The van der Waals surface area contributed by atoms with Crippen molar-refractivity contribution in [3.05, 3.63) is 82.3 Å². The molecule has 0 amide bonds. The highest BCUT2D eigenvalue weighted by molar-refractivity contribution is 9.10. The zero-order valence-corrected chi connectivity index (χ0v) is 15.6. The summed E-state index contributed by atoms with van der Waals surface area (Å²) in [6.07, 6.45) is 2.18. The van der Waals surface area contributed by atoms with E-state index in [1.54, 1.807) is 0 Å². The zero-order chi connectivity index (χ0) is 16.7. The van der Waals surface area contributed by atoms with Crippen molar-refractivity contribution in [3.63, 3.8) is 0 Å². The van der Waals surface area contributed by atoms with Gasteiger partial charge >= 0.3 is 0 Å². The molecule has 1 nitrogen and oxygen atoms in total. The number of benzene rings is 2. The van der Waals surface area contributed by atoms with E-state index in [9.17, 15) is 0 Å². The van der Waals surface area contributed by atoms with Gasteiger partial charge in [0, 0.05) is 10.5 Å². The van der Waals surface area contributed by atoms with Gasteiger partial charge in [-0.25, -0.2) is 0 Å². The summed E-state index contributed by atoms with van der Waals surface area (Å²) in [6.45, 7) is 9.44. The molecule has 0 fully saturated rings. The molecule has 0 radical (unpaired) electrons. The van der Waals surface area contributed by atoms with Gasteiger partial charge in [-0.3, -0.25) is 0 Å². The van der Waals surface area contributed by atoms with E-state index in [0.717, 1.165) is 23.9 Å². The summed E-state index contributed by atoms with van der Waals surface area (Å²) >= 11 is 3.49. The summed E-state index contributed by atoms with van der Waals surface area (Å²) in [4.78, 5) is 0. The Bertz CT molecular complexity index is 603. The number of hydrogen-bond acceptors (Lipinski definition) is 1. The van der Waals surface area contributed by atoms with Gasteiger partial charge in [-0.2, -0.15) is 0 Å². The van der Waals surface area contributed by atoms with Crippen LogP contribution in [0, 0.1) is 0 Å². The van der Waals surface area contributed by atoms with Crippen molar-refractivity contribution in [1.82, 2.24) is 5.32 Å². The summed E-state index contributed by atoms with van der Waals surface area (Å²) in [6, 6.07) is 19.7. The molecule has 0 saturated heterocycles. The summed E-state index contributed by atoms with van der Waals surface area (Å²) in [5.41, 5.74) is 3.98. The average Bonchev–Trinajstić information content (AvgIpc) is 2.55. The van der Waals surface area contributed by atoms with Crippen LogP contribution in [0.4, 0.5) is 0 Å². The first-order valence-electron chi connectivity index (χ1n) is 8.24. The van der Waals surface area contributed by atoms with Gasteiger partial charge in [-0.15, -0.1) is 6.58 Å². The number of allylic oxidation sites excluding steroid dienone is 1. The fraction of sp³-hybridized carbons (Fsp3) is 0.333. The Hall–Kier alpha value is -1.38. The largest absolute Gasteiger partial charge is 0.310 e. The molecule has 2 heteroatoms. The summed E-state index contributed by atoms with van der Waals surface area (Å²) in [5, 5.41) is 3.65. The maximum atomic E-state index is 4.09. The van der Waals surface area contributed by atoms with Crippen molar-refractivity contribution < 1.29 is 0 Å². The van der Waals surface area contributed by atoms with Crippen LogP contribution in [0.3, 0.4) is 0 Å². The molecule has 1 N–H and O–H groups in total. The van der Waals surface area contributed by atoms with Gasteiger partial charge in [0.25, 0.3) is 0 Å². The van der Waals surface area contributed by atoms with Gasteiger partial charge in [0.1, 0.15) is 0 Å². The fourth-order valence-corrected chi connectivity index (χ4v) is 3.14. The molecule has 122 valence electrons. The Kier molecular flexibility index (Phi) is 7.07. The van der Waals surface area contributed by atoms with E-state index in [1.165, 1.54) is 16.7 Å². The summed E-state index contributed by atoms with van der Waals surface area (Å²) in [7, 11) is 0. The molecule has 0 aromatic heterocycles. The van der Waals surface area contributed by atoms with Crippen molar-refractivity contribution in [2.24, 2.45) is 0 Å². The van der Waals surface area contributed by atoms with Crippen LogP contribution < -0.4 is 5.32 Å². The van der Waals surface area contributed by atoms with Crippen LogP contribution in [-0.2, 0) is 0 Å². The van der Waals surface area contributed by atoms with E-state index in [-0.39, 0.29) is 0 Å². The molecular weight excluding hydrogens is 346 g/mol. The van der Waals surface area contributed by atoms with Crippen LogP contribution in [0.5, 0.6) is 0 Å². The van der Waals surface area contributed by atoms with Crippen LogP contribution in [0.2, 0.25) is 0 Å². The highest BCUT2D eigenvalue weighted by Gasteiger charge is 2.12. The smallest absolute Gasteiger partial charge is 0.0291 e. The third-order valence-corrected chi connectivity index (χ3v) is 4.71. The van der Waals surface area contributed by atoms with E-state index in [2.05, 4.69) is 96.3 Å². The molecule has 2 aromatic carbocycles. The first kappa shape index (κ1) is 18.0. The minimum atomic E-state index is 0.365. The molecule has 2 aromatic rings. The van der Waals surface area contributed by atoms with Crippen LogP contribution >= 0.6 is 15.9 Å². The van der Waals surface area contributed by atoms with Crippen molar-refractivity contribution in [2.45, 2.75) is 38.6 Å². The minimum Gasteiger partial charge on any atom is -0.310 e. The first-order valence-corrected chi connectivity index (χ1v) is 9.03. The Morgan fingerprint density at radius 2 is 1.70 bits per heavy atom. The van der Waals surface area contributed by atoms with Gasteiger partial charge in [0.05, 0.1) is 0 Å². The fourth-order valence-electron chi connectivity index (χ4n) is 2.88. The molecule has 0 aliphatic heterocycles. The van der Waals surface area contributed by atoms with Crippen LogP contribution in [0.25, 0.3) is 0 Å². The number of nitrogens with one attached hydrogen (secondary N) is 1. The third-order valence-electron chi connectivity index (χ3n) is 4.18. The maximum Gasteiger partial charge on any atom is 0.0291 e. The molecule has 2 rings (SSSR count). The monoisotopic (exact) mass is 371 g/mol. The topological polar surface area (TPSA) is 12.0 Å². The van der Waals surface area contributed by atoms with Crippen molar-refractivity contribution in [3.8, 4) is 0 Å². The predicted octanol–water partition coefficient (Wildman–Crippen LogP) is 6.24. The molecule has 0 aliphatic carbocycles. The lowest BCUT2D eigenvalue weighted by Gasteiger charge is -2.20. The molecule has 0 bridgehead atoms. The molecule has 1 unspecified atom stereocenters. The van der Waals surface area contributed by atoms with Gasteiger partial charge in [0.2, 0.25) is 0 Å². The van der Waals surface area contributed by atoms with Gasteiger partial charge < -0.3 is 5.32 Å². The van der Waals surface area contributed by atoms with E-state index in [4.69, 9.17) is 0 Å². The van der Waals surface area contributed by atoms with E-state index < -0.39 is 0 Å². The molecule has 0 spiro atoms. The van der Waals surface area contributed by atoms with Gasteiger partial charge in [-0.1, -0.05) is 64.0 Å². The maximum absolute atomic E-state index is 4.09. The van der Waals surface area contributed by atoms with E-state index >= 15 is 0 Å². The molecule has 0 saturated carbocycles. The molecule has 0 aliphatic rings. The second-order valence-electron chi connectivity index (χ2n) is 6.28. The summed E-state index contributed by atoms with van der Waals surface area (Å²) < 4.78 is 1.12. The highest BCUT2D eigenvalue weighted by Crippen LogP contribution is 2.26. The van der Waals surface area contributed by atoms with Gasteiger partial charge in [-0.05, 0) is 62.4 Å². The minimum absolute atomic E-state index is 0.365. The predicted molar refractivity (Wildman–Crippen MR) is 104 cm³/mol. The first-order chi connectivity index (χ1) is 11.1. The molecule has 0 heterocycles.